The maximum absolute atomic E-state index is 12.3. The SMILES string of the molecule is COCc1ccc(C(=O)N2CCCC(NS(C)(=O)=O)C2)o1. The monoisotopic (exact) mass is 316 g/mol. The van der Waals surface area contributed by atoms with Crippen LogP contribution in [0.3, 0.4) is 0 Å². The van der Waals surface area contributed by atoms with Crippen molar-refractivity contribution >= 4 is 15.9 Å². The van der Waals surface area contributed by atoms with Gasteiger partial charge in [0.15, 0.2) is 5.76 Å². The molecule has 1 N–H and O–H groups in total. The number of hydrogen-bond donors (Lipinski definition) is 1. The molecule has 21 heavy (non-hydrogen) atoms. The molecule has 0 saturated carbocycles. The van der Waals surface area contributed by atoms with Crippen LogP contribution in [-0.4, -0.2) is 51.7 Å². The molecule has 118 valence electrons. The molecule has 1 aliphatic heterocycles. The van der Waals surface area contributed by atoms with Crippen LogP contribution in [0.5, 0.6) is 0 Å². The Labute approximate surface area is 124 Å². The minimum Gasteiger partial charge on any atom is -0.453 e. The number of rotatable bonds is 5. The molecule has 1 unspecified atom stereocenters. The van der Waals surface area contributed by atoms with Crippen LogP contribution in [0, 0.1) is 0 Å². The smallest absolute Gasteiger partial charge is 0.289 e. The third kappa shape index (κ3) is 4.55. The lowest BCUT2D eigenvalue weighted by atomic mass is 10.1. The normalized spacial score (nSPS) is 19.7. The minimum absolute atomic E-state index is 0.225. The molecule has 0 aliphatic carbocycles. The van der Waals surface area contributed by atoms with Gasteiger partial charge in [-0.1, -0.05) is 0 Å². The number of methoxy groups -OCH3 is 1. The molecular formula is C13H20N2O5S. The van der Waals surface area contributed by atoms with Crippen molar-refractivity contribution in [2.24, 2.45) is 0 Å². The van der Waals surface area contributed by atoms with E-state index >= 15 is 0 Å². The average Bonchev–Trinajstić information content (AvgIpc) is 2.85. The number of nitrogens with one attached hydrogen (secondary N) is 1. The zero-order valence-electron chi connectivity index (χ0n) is 12.2. The summed E-state index contributed by atoms with van der Waals surface area (Å²) >= 11 is 0. The zero-order valence-corrected chi connectivity index (χ0v) is 13.0. The summed E-state index contributed by atoms with van der Waals surface area (Å²) in [6.45, 7) is 1.26. The van der Waals surface area contributed by atoms with Crippen LogP contribution in [0.25, 0.3) is 0 Å². The standard InChI is InChI=1S/C13H20N2O5S/c1-19-9-11-5-6-12(20-11)13(16)15-7-3-4-10(8-15)14-21(2,17)18/h5-6,10,14H,3-4,7-9H2,1-2H3. The second kappa shape index (κ2) is 6.59. The molecule has 1 fully saturated rings. The quantitative estimate of drug-likeness (QED) is 0.858. The highest BCUT2D eigenvalue weighted by Crippen LogP contribution is 2.16. The highest BCUT2D eigenvalue weighted by molar-refractivity contribution is 7.88. The van der Waals surface area contributed by atoms with Crippen LogP contribution in [0.15, 0.2) is 16.5 Å². The first kappa shape index (κ1) is 16.0. The summed E-state index contributed by atoms with van der Waals surface area (Å²) in [6.07, 6.45) is 2.60. The third-order valence-corrected chi connectivity index (χ3v) is 4.01. The summed E-state index contributed by atoms with van der Waals surface area (Å²) in [4.78, 5) is 14.0. The molecule has 2 heterocycles. The highest BCUT2D eigenvalue weighted by atomic mass is 32.2. The van der Waals surface area contributed by atoms with Crippen molar-refractivity contribution < 1.29 is 22.4 Å². The molecule has 8 heteroatoms. The van der Waals surface area contributed by atoms with E-state index in [4.69, 9.17) is 9.15 Å². The van der Waals surface area contributed by atoms with Crippen LogP contribution in [-0.2, 0) is 21.4 Å². The van der Waals surface area contributed by atoms with E-state index in [0.29, 0.717) is 25.5 Å². The van der Waals surface area contributed by atoms with Crippen molar-refractivity contribution in [3.63, 3.8) is 0 Å². The number of sulfonamides is 1. The predicted molar refractivity (Wildman–Crippen MR) is 76.3 cm³/mol. The molecule has 0 bridgehead atoms. The van der Waals surface area contributed by atoms with Gasteiger partial charge in [-0.05, 0) is 25.0 Å². The van der Waals surface area contributed by atoms with Gasteiger partial charge in [0.25, 0.3) is 5.91 Å². The van der Waals surface area contributed by atoms with Gasteiger partial charge < -0.3 is 14.1 Å². The van der Waals surface area contributed by atoms with Crippen molar-refractivity contribution in [3.05, 3.63) is 23.7 Å². The fourth-order valence-corrected chi connectivity index (χ4v) is 3.23. The number of carbonyl (C=O) groups is 1. The second-order valence-corrected chi connectivity index (χ2v) is 6.96. The Balaban J connectivity index is 2.01. The minimum atomic E-state index is -3.27. The molecular weight excluding hydrogens is 296 g/mol. The first-order valence-corrected chi connectivity index (χ1v) is 8.62. The van der Waals surface area contributed by atoms with Gasteiger partial charge >= 0.3 is 0 Å². The topological polar surface area (TPSA) is 88.9 Å². The van der Waals surface area contributed by atoms with Gasteiger partial charge in [0.2, 0.25) is 10.0 Å². The molecule has 0 aromatic carbocycles. The third-order valence-electron chi connectivity index (χ3n) is 3.25. The molecule has 1 saturated heterocycles. The first-order valence-electron chi connectivity index (χ1n) is 6.73. The fraction of sp³-hybridized carbons (Fsp3) is 0.615. The first-order chi connectivity index (χ1) is 9.89. The summed E-state index contributed by atoms with van der Waals surface area (Å²) in [6, 6.07) is 3.07. The van der Waals surface area contributed by atoms with Crippen LogP contribution < -0.4 is 4.72 Å². The van der Waals surface area contributed by atoms with Crippen LogP contribution in [0.1, 0.15) is 29.2 Å². The predicted octanol–water partition coefficient (Wildman–Crippen LogP) is 0.580. The van der Waals surface area contributed by atoms with E-state index < -0.39 is 10.0 Å². The van der Waals surface area contributed by atoms with E-state index in [-0.39, 0.29) is 17.7 Å². The van der Waals surface area contributed by atoms with E-state index in [1.807, 2.05) is 0 Å². The molecule has 0 spiro atoms. The summed E-state index contributed by atoms with van der Waals surface area (Å²) in [5.74, 6) is 0.614. The maximum atomic E-state index is 12.3. The number of piperidine rings is 1. The number of amides is 1. The fourth-order valence-electron chi connectivity index (χ4n) is 2.43. The van der Waals surface area contributed by atoms with Gasteiger partial charge in [-0.2, -0.15) is 0 Å². The van der Waals surface area contributed by atoms with Crippen molar-refractivity contribution in [2.75, 3.05) is 26.5 Å². The van der Waals surface area contributed by atoms with Crippen LogP contribution >= 0.6 is 0 Å². The van der Waals surface area contributed by atoms with E-state index in [2.05, 4.69) is 4.72 Å². The molecule has 1 atom stereocenters. The van der Waals surface area contributed by atoms with Crippen LogP contribution in [0.4, 0.5) is 0 Å². The van der Waals surface area contributed by atoms with Crippen molar-refractivity contribution in [1.29, 1.82) is 0 Å². The Morgan fingerprint density at radius 2 is 2.29 bits per heavy atom. The number of nitrogens with zero attached hydrogens (tertiary/aromatic N) is 1. The lowest BCUT2D eigenvalue weighted by Gasteiger charge is -2.32. The van der Waals surface area contributed by atoms with Crippen molar-refractivity contribution in [1.82, 2.24) is 9.62 Å². The summed E-state index contributed by atoms with van der Waals surface area (Å²) in [5.41, 5.74) is 0. The maximum Gasteiger partial charge on any atom is 0.289 e. The Morgan fingerprint density at radius 1 is 1.52 bits per heavy atom. The number of likely N-dealkylation sites (tertiary alicyclic amines) is 1. The number of carbonyl (C=O) groups excluding carboxylic acids is 1. The largest absolute Gasteiger partial charge is 0.453 e. The summed E-state index contributed by atoms with van der Waals surface area (Å²) in [5, 5.41) is 0. The Bertz CT molecular complexity index is 595. The second-order valence-electron chi connectivity index (χ2n) is 5.18. The summed E-state index contributed by atoms with van der Waals surface area (Å²) in [7, 11) is -1.72. The van der Waals surface area contributed by atoms with Gasteiger partial charge in [-0.3, -0.25) is 4.79 Å². The molecule has 1 aromatic heterocycles. The van der Waals surface area contributed by atoms with Gasteiger partial charge in [0, 0.05) is 26.2 Å². The van der Waals surface area contributed by atoms with Crippen molar-refractivity contribution in [2.45, 2.75) is 25.5 Å². The van der Waals surface area contributed by atoms with E-state index in [1.165, 1.54) is 0 Å². The summed E-state index contributed by atoms with van der Waals surface area (Å²) < 4.78 is 35.5. The van der Waals surface area contributed by atoms with E-state index in [1.54, 1.807) is 24.1 Å². The Kier molecular flexibility index (Phi) is 5.02. The molecule has 0 radical (unpaired) electrons. The number of hydrogen-bond acceptors (Lipinski definition) is 5. The average molecular weight is 316 g/mol. The van der Waals surface area contributed by atoms with Gasteiger partial charge in [-0.15, -0.1) is 0 Å². The number of furan rings is 1. The molecule has 2 rings (SSSR count). The molecule has 1 aliphatic rings. The van der Waals surface area contributed by atoms with E-state index in [9.17, 15) is 13.2 Å². The van der Waals surface area contributed by atoms with E-state index in [0.717, 1.165) is 19.1 Å². The van der Waals surface area contributed by atoms with Gasteiger partial charge in [0.1, 0.15) is 12.4 Å². The Morgan fingerprint density at radius 3 is 2.95 bits per heavy atom. The lowest BCUT2D eigenvalue weighted by Crippen LogP contribution is -2.49. The van der Waals surface area contributed by atoms with Crippen LogP contribution in [0.2, 0.25) is 0 Å². The lowest BCUT2D eigenvalue weighted by molar-refractivity contribution is 0.0663. The number of ether oxygens (including phenoxy) is 1. The zero-order chi connectivity index (χ0) is 15.5. The molecule has 7 nitrogen and oxygen atoms in total. The highest BCUT2D eigenvalue weighted by Gasteiger charge is 2.27. The molecule has 1 aromatic rings. The molecule has 1 amide bonds. The van der Waals surface area contributed by atoms with Crippen molar-refractivity contribution in [3.8, 4) is 0 Å². The van der Waals surface area contributed by atoms with Gasteiger partial charge in [-0.25, -0.2) is 13.1 Å². The Hall–Kier alpha value is -1.38. The van der Waals surface area contributed by atoms with Gasteiger partial charge in [0.05, 0.1) is 6.26 Å².